The molecular weight excluding hydrogens is 248 g/mol. The number of hydrogen-bond acceptors (Lipinski definition) is 2. The summed E-state index contributed by atoms with van der Waals surface area (Å²) in [5.74, 6) is 3.36. The van der Waals surface area contributed by atoms with Crippen molar-refractivity contribution >= 4 is 0 Å². The molecule has 1 aliphatic rings. The van der Waals surface area contributed by atoms with Gasteiger partial charge in [-0.15, -0.1) is 0 Å². The van der Waals surface area contributed by atoms with Gasteiger partial charge in [0.05, 0.1) is 6.61 Å². The van der Waals surface area contributed by atoms with Crippen LogP contribution >= 0.6 is 0 Å². The van der Waals surface area contributed by atoms with E-state index in [-0.39, 0.29) is 0 Å². The maximum absolute atomic E-state index is 5.84. The number of rotatable bonds is 5. The van der Waals surface area contributed by atoms with E-state index in [1.54, 1.807) is 0 Å². The molecule has 104 valence electrons. The van der Waals surface area contributed by atoms with Crippen molar-refractivity contribution in [3.8, 4) is 17.2 Å². The highest BCUT2D eigenvalue weighted by Crippen LogP contribution is 2.27. The smallest absolute Gasteiger partial charge is 0.127 e. The Morgan fingerprint density at radius 2 is 1.35 bits per heavy atom. The molecule has 2 nitrogen and oxygen atoms in total. The van der Waals surface area contributed by atoms with E-state index in [0.717, 1.165) is 29.8 Å². The Balaban J connectivity index is 1.54. The Labute approximate surface area is 120 Å². The standard InChI is InChI=1S/C18H20O2/c1-2-8-17(9-3-1)20-18-12-10-16(11-13-18)19-14-15-6-4-5-7-15/h1-3,8-13,15H,4-7,14H2. The quantitative estimate of drug-likeness (QED) is 0.755. The topological polar surface area (TPSA) is 18.5 Å². The molecule has 2 aromatic carbocycles. The molecule has 0 heterocycles. The zero-order chi connectivity index (χ0) is 13.6. The summed E-state index contributed by atoms with van der Waals surface area (Å²) in [6.45, 7) is 0.846. The number of para-hydroxylation sites is 1. The van der Waals surface area contributed by atoms with Gasteiger partial charge in [-0.3, -0.25) is 0 Å². The fourth-order valence-corrected chi connectivity index (χ4v) is 2.62. The molecule has 1 saturated carbocycles. The van der Waals surface area contributed by atoms with Crippen LogP contribution in [0.25, 0.3) is 0 Å². The summed E-state index contributed by atoms with van der Waals surface area (Å²) in [6.07, 6.45) is 5.35. The summed E-state index contributed by atoms with van der Waals surface area (Å²) in [6, 6.07) is 17.7. The van der Waals surface area contributed by atoms with Crippen molar-refractivity contribution in [3.05, 3.63) is 54.6 Å². The van der Waals surface area contributed by atoms with E-state index in [9.17, 15) is 0 Å². The molecule has 0 atom stereocenters. The molecule has 0 aliphatic heterocycles. The van der Waals surface area contributed by atoms with E-state index in [0.29, 0.717) is 0 Å². The molecule has 3 rings (SSSR count). The lowest BCUT2D eigenvalue weighted by Crippen LogP contribution is -2.07. The summed E-state index contributed by atoms with van der Waals surface area (Å²) in [5.41, 5.74) is 0. The van der Waals surface area contributed by atoms with Crippen LogP contribution in [0.2, 0.25) is 0 Å². The Bertz CT molecular complexity index is 513. The van der Waals surface area contributed by atoms with Crippen molar-refractivity contribution in [3.63, 3.8) is 0 Å². The van der Waals surface area contributed by atoms with Crippen molar-refractivity contribution < 1.29 is 9.47 Å². The van der Waals surface area contributed by atoms with Gasteiger partial charge >= 0.3 is 0 Å². The molecule has 0 aromatic heterocycles. The van der Waals surface area contributed by atoms with Gasteiger partial charge in [-0.25, -0.2) is 0 Å². The van der Waals surface area contributed by atoms with Gasteiger partial charge in [0.15, 0.2) is 0 Å². The summed E-state index contributed by atoms with van der Waals surface area (Å²) >= 11 is 0. The van der Waals surface area contributed by atoms with Crippen molar-refractivity contribution in [2.45, 2.75) is 25.7 Å². The Kier molecular flexibility index (Phi) is 4.22. The van der Waals surface area contributed by atoms with Crippen LogP contribution in [0.4, 0.5) is 0 Å². The first-order chi connectivity index (χ1) is 9.90. The maximum Gasteiger partial charge on any atom is 0.127 e. The first-order valence-corrected chi connectivity index (χ1v) is 7.36. The fraction of sp³-hybridized carbons (Fsp3) is 0.333. The number of benzene rings is 2. The maximum atomic E-state index is 5.84. The van der Waals surface area contributed by atoms with Gasteiger partial charge in [-0.05, 0) is 55.2 Å². The van der Waals surface area contributed by atoms with Crippen LogP contribution < -0.4 is 9.47 Å². The van der Waals surface area contributed by atoms with Crippen molar-refractivity contribution in [2.24, 2.45) is 5.92 Å². The van der Waals surface area contributed by atoms with Gasteiger partial charge in [-0.2, -0.15) is 0 Å². The van der Waals surface area contributed by atoms with Crippen LogP contribution in [0.15, 0.2) is 54.6 Å². The highest BCUT2D eigenvalue weighted by molar-refractivity contribution is 5.35. The van der Waals surface area contributed by atoms with Gasteiger partial charge in [0.25, 0.3) is 0 Å². The largest absolute Gasteiger partial charge is 0.493 e. The van der Waals surface area contributed by atoms with E-state index in [1.165, 1.54) is 25.7 Å². The van der Waals surface area contributed by atoms with E-state index >= 15 is 0 Å². The van der Waals surface area contributed by atoms with Crippen LogP contribution in [0.3, 0.4) is 0 Å². The van der Waals surface area contributed by atoms with Crippen LogP contribution in [-0.4, -0.2) is 6.61 Å². The second-order valence-corrected chi connectivity index (χ2v) is 5.35. The Hall–Kier alpha value is -1.96. The molecule has 0 radical (unpaired) electrons. The minimum absolute atomic E-state index is 0.746. The Morgan fingerprint density at radius 1 is 0.750 bits per heavy atom. The second kappa shape index (κ2) is 6.47. The average Bonchev–Trinajstić information content (AvgIpc) is 3.01. The molecule has 0 amide bonds. The Morgan fingerprint density at radius 3 is 2.05 bits per heavy atom. The van der Waals surface area contributed by atoms with Gasteiger partial charge in [0, 0.05) is 0 Å². The first-order valence-electron chi connectivity index (χ1n) is 7.36. The normalized spacial score (nSPS) is 15.2. The highest BCUT2D eigenvalue weighted by atomic mass is 16.5. The van der Waals surface area contributed by atoms with E-state index in [4.69, 9.17) is 9.47 Å². The monoisotopic (exact) mass is 268 g/mol. The SMILES string of the molecule is c1ccc(Oc2ccc(OCC3CCCC3)cc2)cc1. The zero-order valence-electron chi connectivity index (χ0n) is 11.6. The lowest BCUT2D eigenvalue weighted by molar-refractivity contribution is 0.252. The van der Waals surface area contributed by atoms with Crippen molar-refractivity contribution in [1.82, 2.24) is 0 Å². The van der Waals surface area contributed by atoms with Gasteiger partial charge in [0.1, 0.15) is 17.2 Å². The van der Waals surface area contributed by atoms with Crippen LogP contribution in [-0.2, 0) is 0 Å². The highest BCUT2D eigenvalue weighted by Gasteiger charge is 2.15. The van der Waals surface area contributed by atoms with E-state index < -0.39 is 0 Å². The minimum Gasteiger partial charge on any atom is -0.493 e. The second-order valence-electron chi connectivity index (χ2n) is 5.35. The molecule has 2 heteroatoms. The summed E-state index contributed by atoms with van der Waals surface area (Å²) in [4.78, 5) is 0. The molecular formula is C18H20O2. The molecule has 0 saturated heterocycles. The van der Waals surface area contributed by atoms with Gasteiger partial charge in [-0.1, -0.05) is 31.0 Å². The lowest BCUT2D eigenvalue weighted by Gasteiger charge is -2.12. The predicted octanol–water partition coefficient (Wildman–Crippen LogP) is 5.05. The van der Waals surface area contributed by atoms with Crippen LogP contribution in [0, 0.1) is 5.92 Å². The minimum atomic E-state index is 0.746. The molecule has 0 N–H and O–H groups in total. The summed E-state index contributed by atoms with van der Waals surface area (Å²) < 4.78 is 11.6. The fourth-order valence-electron chi connectivity index (χ4n) is 2.62. The van der Waals surface area contributed by atoms with Crippen LogP contribution in [0.5, 0.6) is 17.2 Å². The van der Waals surface area contributed by atoms with Crippen molar-refractivity contribution in [2.75, 3.05) is 6.61 Å². The summed E-state index contributed by atoms with van der Waals surface area (Å²) in [5, 5.41) is 0. The molecule has 1 aliphatic carbocycles. The average molecular weight is 268 g/mol. The lowest BCUT2D eigenvalue weighted by atomic mass is 10.1. The van der Waals surface area contributed by atoms with Gasteiger partial charge < -0.3 is 9.47 Å². The third-order valence-electron chi connectivity index (χ3n) is 3.76. The van der Waals surface area contributed by atoms with E-state index in [1.807, 2.05) is 54.6 Å². The first kappa shape index (κ1) is 13.0. The third-order valence-corrected chi connectivity index (χ3v) is 3.76. The molecule has 2 aromatic rings. The number of hydrogen-bond donors (Lipinski definition) is 0. The van der Waals surface area contributed by atoms with Crippen LogP contribution in [0.1, 0.15) is 25.7 Å². The molecule has 0 spiro atoms. The van der Waals surface area contributed by atoms with E-state index in [2.05, 4.69) is 0 Å². The zero-order valence-corrected chi connectivity index (χ0v) is 11.6. The third kappa shape index (κ3) is 3.53. The van der Waals surface area contributed by atoms with Crippen molar-refractivity contribution in [1.29, 1.82) is 0 Å². The summed E-state index contributed by atoms with van der Waals surface area (Å²) in [7, 11) is 0. The molecule has 1 fully saturated rings. The molecule has 0 bridgehead atoms. The molecule has 20 heavy (non-hydrogen) atoms. The predicted molar refractivity (Wildman–Crippen MR) is 80.4 cm³/mol. The number of ether oxygens (including phenoxy) is 2. The van der Waals surface area contributed by atoms with Gasteiger partial charge in [0.2, 0.25) is 0 Å². The molecule has 0 unspecified atom stereocenters.